The van der Waals surface area contributed by atoms with Gasteiger partial charge in [-0.15, -0.1) is 0 Å². The Morgan fingerprint density at radius 3 is 2.48 bits per heavy atom. The van der Waals surface area contributed by atoms with E-state index in [9.17, 15) is 9.18 Å². The third kappa shape index (κ3) is 3.83. The van der Waals surface area contributed by atoms with Crippen LogP contribution in [0.25, 0.3) is 0 Å². The van der Waals surface area contributed by atoms with Crippen LogP contribution in [0.15, 0.2) is 24.3 Å². The average Bonchev–Trinajstić information content (AvgIpc) is 3.11. The molecule has 1 aromatic carbocycles. The number of benzene rings is 1. The first kappa shape index (κ1) is 16.2. The van der Waals surface area contributed by atoms with E-state index in [1.165, 1.54) is 6.07 Å². The molecule has 0 aliphatic carbocycles. The van der Waals surface area contributed by atoms with Gasteiger partial charge in [-0.1, -0.05) is 12.1 Å². The topological polar surface area (TPSA) is 35.6 Å². The van der Waals surface area contributed by atoms with Gasteiger partial charge in [0.2, 0.25) is 5.91 Å². The van der Waals surface area contributed by atoms with Crippen LogP contribution < -0.4 is 5.32 Å². The van der Waals surface area contributed by atoms with Crippen molar-refractivity contribution in [3.63, 3.8) is 0 Å². The van der Waals surface area contributed by atoms with E-state index < -0.39 is 0 Å². The first-order valence-corrected chi connectivity index (χ1v) is 8.69. The van der Waals surface area contributed by atoms with E-state index in [-0.39, 0.29) is 23.8 Å². The van der Waals surface area contributed by atoms with Crippen molar-refractivity contribution in [2.75, 3.05) is 31.5 Å². The molecule has 0 saturated carbocycles. The Morgan fingerprint density at radius 2 is 1.83 bits per heavy atom. The number of nitrogens with one attached hydrogen (secondary N) is 1. The van der Waals surface area contributed by atoms with Crippen LogP contribution in [0, 0.1) is 5.82 Å². The second kappa shape index (κ2) is 7.30. The Labute approximate surface area is 137 Å². The van der Waals surface area contributed by atoms with Crippen molar-refractivity contribution in [2.24, 2.45) is 0 Å². The third-order valence-electron chi connectivity index (χ3n) is 5.09. The number of likely N-dealkylation sites (tertiary alicyclic amines) is 2. The Morgan fingerprint density at radius 1 is 1.17 bits per heavy atom. The van der Waals surface area contributed by atoms with E-state index in [4.69, 9.17) is 0 Å². The summed E-state index contributed by atoms with van der Waals surface area (Å²) in [6.07, 6.45) is 4.14. The monoisotopic (exact) mass is 319 g/mol. The first-order valence-electron chi connectivity index (χ1n) is 8.69. The highest BCUT2D eigenvalue weighted by Gasteiger charge is 2.30. The molecule has 0 radical (unpaired) electrons. The summed E-state index contributed by atoms with van der Waals surface area (Å²) in [6, 6.07) is 7.04. The lowest BCUT2D eigenvalue weighted by atomic mass is 10.0. The number of anilines is 1. The maximum absolute atomic E-state index is 13.7. The molecule has 2 aliphatic rings. The molecule has 1 aromatic rings. The normalized spacial score (nSPS) is 21.4. The van der Waals surface area contributed by atoms with Crippen LogP contribution in [0.1, 0.15) is 32.6 Å². The van der Waals surface area contributed by atoms with E-state index in [1.54, 1.807) is 12.1 Å². The van der Waals surface area contributed by atoms with Crippen molar-refractivity contribution >= 4 is 11.6 Å². The molecule has 4 nitrogen and oxygen atoms in total. The highest BCUT2D eigenvalue weighted by molar-refractivity contribution is 5.81. The molecule has 0 aromatic heterocycles. The summed E-state index contributed by atoms with van der Waals surface area (Å²) >= 11 is 0. The number of para-hydroxylation sites is 1. The van der Waals surface area contributed by atoms with Crippen LogP contribution >= 0.6 is 0 Å². The lowest BCUT2D eigenvalue weighted by Crippen LogP contribution is -2.50. The standard InChI is InChI=1S/C18H26FN3O/c1-14(18(23)22-10-4-5-11-22)21-12-8-15(9-13-21)20-17-7-3-2-6-16(17)19/h2-3,6-7,14-15,20H,4-5,8-13H2,1H3. The average molecular weight is 319 g/mol. The van der Waals surface area contributed by atoms with Gasteiger partial charge in [0.05, 0.1) is 11.7 Å². The molecule has 2 fully saturated rings. The number of nitrogens with zero attached hydrogens (tertiary/aromatic N) is 2. The molecular weight excluding hydrogens is 293 g/mol. The molecule has 0 bridgehead atoms. The maximum Gasteiger partial charge on any atom is 0.239 e. The van der Waals surface area contributed by atoms with Crippen molar-refractivity contribution in [3.8, 4) is 0 Å². The number of rotatable bonds is 4. The molecule has 2 heterocycles. The lowest BCUT2D eigenvalue weighted by molar-refractivity contribution is -0.135. The largest absolute Gasteiger partial charge is 0.380 e. The van der Waals surface area contributed by atoms with Crippen molar-refractivity contribution < 1.29 is 9.18 Å². The van der Waals surface area contributed by atoms with Crippen LogP contribution in [0.2, 0.25) is 0 Å². The van der Waals surface area contributed by atoms with E-state index in [0.29, 0.717) is 5.69 Å². The van der Waals surface area contributed by atoms with Gasteiger partial charge in [-0.3, -0.25) is 9.69 Å². The van der Waals surface area contributed by atoms with E-state index in [1.807, 2.05) is 17.9 Å². The van der Waals surface area contributed by atoms with Crippen molar-refractivity contribution in [1.29, 1.82) is 0 Å². The molecule has 5 heteroatoms. The van der Waals surface area contributed by atoms with Gasteiger partial charge in [0, 0.05) is 32.2 Å². The Balaban J connectivity index is 1.50. The minimum atomic E-state index is -0.201. The fourth-order valence-corrected chi connectivity index (χ4v) is 3.59. The summed E-state index contributed by atoms with van der Waals surface area (Å²) in [7, 11) is 0. The van der Waals surface area contributed by atoms with Gasteiger partial charge in [-0.25, -0.2) is 4.39 Å². The summed E-state index contributed by atoms with van der Waals surface area (Å²) in [5.41, 5.74) is 0.576. The number of carbonyl (C=O) groups excluding carboxylic acids is 1. The highest BCUT2D eigenvalue weighted by atomic mass is 19.1. The summed E-state index contributed by atoms with van der Waals surface area (Å²) in [6.45, 7) is 5.61. The smallest absolute Gasteiger partial charge is 0.239 e. The molecule has 1 unspecified atom stereocenters. The number of hydrogen-bond acceptors (Lipinski definition) is 3. The van der Waals surface area contributed by atoms with Gasteiger partial charge in [-0.05, 0) is 44.7 Å². The molecule has 0 spiro atoms. The third-order valence-corrected chi connectivity index (χ3v) is 5.09. The van der Waals surface area contributed by atoms with Gasteiger partial charge < -0.3 is 10.2 Å². The van der Waals surface area contributed by atoms with Crippen LogP contribution in [0.4, 0.5) is 10.1 Å². The zero-order chi connectivity index (χ0) is 16.2. The molecule has 23 heavy (non-hydrogen) atoms. The number of piperidine rings is 1. The quantitative estimate of drug-likeness (QED) is 0.927. The fourth-order valence-electron chi connectivity index (χ4n) is 3.59. The van der Waals surface area contributed by atoms with Gasteiger partial charge >= 0.3 is 0 Å². The number of hydrogen-bond donors (Lipinski definition) is 1. The van der Waals surface area contributed by atoms with Crippen LogP contribution in [0.3, 0.4) is 0 Å². The molecule has 126 valence electrons. The zero-order valence-corrected chi connectivity index (χ0v) is 13.8. The molecule has 2 aliphatic heterocycles. The number of carbonyl (C=O) groups is 1. The zero-order valence-electron chi connectivity index (χ0n) is 13.8. The van der Waals surface area contributed by atoms with Crippen LogP contribution in [-0.4, -0.2) is 54.0 Å². The highest BCUT2D eigenvalue weighted by Crippen LogP contribution is 2.21. The summed E-state index contributed by atoms with van der Waals surface area (Å²) in [5, 5.41) is 3.30. The molecule has 1 amide bonds. The Hall–Kier alpha value is -1.62. The van der Waals surface area contributed by atoms with Gasteiger partial charge in [0.1, 0.15) is 5.82 Å². The van der Waals surface area contributed by atoms with E-state index in [0.717, 1.165) is 51.9 Å². The Kier molecular flexibility index (Phi) is 5.16. The number of halogens is 1. The lowest BCUT2D eigenvalue weighted by Gasteiger charge is -2.37. The van der Waals surface area contributed by atoms with Crippen LogP contribution in [0.5, 0.6) is 0 Å². The molecule has 1 atom stereocenters. The minimum absolute atomic E-state index is 0.0393. The van der Waals surface area contributed by atoms with Crippen molar-refractivity contribution in [2.45, 2.75) is 44.7 Å². The predicted octanol–water partition coefficient (Wildman–Crippen LogP) is 2.71. The van der Waals surface area contributed by atoms with Gasteiger partial charge in [0.15, 0.2) is 0 Å². The second-order valence-electron chi connectivity index (χ2n) is 6.64. The molecular formula is C18H26FN3O. The first-order chi connectivity index (χ1) is 11.1. The Bertz CT molecular complexity index is 537. The maximum atomic E-state index is 13.7. The summed E-state index contributed by atoms with van der Waals surface area (Å²) < 4.78 is 13.7. The van der Waals surface area contributed by atoms with Gasteiger partial charge in [0.25, 0.3) is 0 Å². The molecule has 2 saturated heterocycles. The predicted molar refractivity (Wildman–Crippen MR) is 89.9 cm³/mol. The summed E-state index contributed by atoms with van der Waals surface area (Å²) in [4.78, 5) is 16.7. The fraction of sp³-hybridized carbons (Fsp3) is 0.611. The second-order valence-corrected chi connectivity index (χ2v) is 6.64. The van der Waals surface area contributed by atoms with Crippen molar-refractivity contribution in [3.05, 3.63) is 30.1 Å². The van der Waals surface area contributed by atoms with E-state index >= 15 is 0 Å². The van der Waals surface area contributed by atoms with E-state index in [2.05, 4.69) is 10.2 Å². The molecule has 1 N–H and O–H groups in total. The number of amides is 1. The van der Waals surface area contributed by atoms with Crippen LogP contribution in [-0.2, 0) is 4.79 Å². The minimum Gasteiger partial charge on any atom is -0.380 e. The SMILES string of the molecule is CC(C(=O)N1CCCC1)N1CCC(Nc2ccccc2F)CC1. The van der Waals surface area contributed by atoms with Gasteiger partial charge in [-0.2, -0.15) is 0 Å². The molecule has 3 rings (SSSR count). The summed E-state index contributed by atoms with van der Waals surface area (Å²) in [5.74, 6) is 0.0653. The van der Waals surface area contributed by atoms with Crippen molar-refractivity contribution in [1.82, 2.24) is 9.80 Å².